The van der Waals surface area contributed by atoms with Crippen LogP contribution in [-0.2, 0) is 16.6 Å². The summed E-state index contributed by atoms with van der Waals surface area (Å²) < 4.78 is 27.3. The minimum Gasteiger partial charge on any atom is -0.371 e. The second-order valence-corrected chi connectivity index (χ2v) is 10.0. The van der Waals surface area contributed by atoms with Gasteiger partial charge in [-0.25, -0.2) is 8.42 Å². The first-order valence-corrected chi connectivity index (χ1v) is 11.3. The maximum absolute atomic E-state index is 12.9. The molecule has 1 aliphatic heterocycles. The maximum atomic E-state index is 12.9. The molecule has 0 aromatic heterocycles. The van der Waals surface area contributed by atoms with Crippen molar-refractivity contribution in [3.05, 3.63) is 59.1 Å². The SMILES string of the molecule is CN(C)Cc1ccc(N2CCC(N(C)S(=O)(=O)c3ccc(Cl)cc3)CC2)cc1. The fourth-order valence-electron chi connectivity index (χ4n) is 3.63. The minimum absolute atomic E-state index is 0.00458. The van der Waals surface area contributed by atoms with Crippen LogP contribution in [0, 0.1) is 0 Å². The highest BCUT2D eigenvalue weighted by Crippen LogP contribution is 2.26. The molecule has 3 rings (SSSR count). The molecule has 1 heterocycles. The van der Waals surface area contributed by atoms with Crippen molar-refractivity contribution in [2.75, 3.05) is 39.1 Å². The van der Waals surface area contributed by atoms with Gasteiger partial charge in [0.25, 0.3) is 0 Å². The first-order valence-electron chi connectivity index (χ1n) is 9.49. The summed E-state index contributed by atoms with van der Waals surface area (Å²) in [6, 6.07) is 15.0. The highest BCUT2D eigenvalue weighted by atomic mass is 35.5. The van der Waals surface area contributed by atoms with Crippen LogP contribution < -0.4 is 4.90 Å². The number of benzene rings is 2. The number of piperidine rings is 1. The van der Waals surface area contributed by atoms with E-state index in [1.165, 1.54) is 15.6 Å². The molecule has 0 unspecified atom stereocenters. The molecule has 28 heavy (non-hydrogen) atoms. The number of anilines is 1. The second-order valence-electron chi connectivity index (χ2n) is 7.60. The van der Waals surface area contributed by atoms with Gasteiger partial charge in [-0.15, -0.1) is 0 Å². The van der Waals surface area contributed by atoms with E-state index in [1.54, 1.807) is 31.3 Å². The van der Waals surface area contributed by atoms with Gasteiger partial charge in [-0.1, -0.05) is 23.7 Å². The van der Waals surface area contributed by atoms with Gasteiger partial charge >= 0.3 is 0 Å². The molecule has 0 spiro atoms. The molecule has 7 heteroatoms. The van der Waals surface area contributed by atoms with Crippen molar-refractivity contribution in [2.24, 2.45) is 0 Å². The van der Waals surface area contributed by atoms with Crippen LogP contribution in [-0.4, -0.2) is 57.9 Å². The average Bonchev–Trinajstić information content (AvgIpc) is 2.68. The summed E-state index contributed by atoms with van der Waals surface area (Å²) in [6.45, 7) is 2.62. The zero-order chi connectivity index (χ0) is 20.3. The van der Waals surface area contributed by atoms with Crippen molar-refractivity contribution in [1.29, 1.82) is 0 Å². The molecule has 0 aliphatic carbocycles. The van der Waals surface area contributed by atoms with Gasteiger partial charge in [0.1, 0.15) is 0 Å². The van der Waals surface area contributed by atoms with E-state index >= 15 is 0 Å². The fourth-order valence-corrected chi connectivity index (χ4v) is 5.18. The summed E-state index contributed by atoms with van der Waals surface area (Å²) in [5, 5.41) is 0.534. The van der Waals surface area contributed by atoms with Crippen LogP contribution in [0.15, 0.2) is 53.4 Å². The third-order valence-corrected chi connectivity index (χ3v) is 7.45. The molecule has 152 valence electrons. The van der Waals surface area contributed by atoms with Crippen molar-refractivity contribution in [3.8, 4) is 0 Å². The van der Waals surface area contributed by atoms with Gasteiger partial charge in [0.05, 0.1) is 4.90 Å². The highest BCUT2D eigenvalue weighted by molar-refractivity contribution is 7.89. The van der Waals surface area contributed by atoms with Gasteiger partial charge in [-0.3, -0.25) is 0 Å². The third-order valence-electron chi connectivity index (χ3n) is 5.27. The molecule has 1 aliphatic rings. The molecule has 0 bridgehead atoms. The van der Waals surface area contributed by atoms with E-state index < -0.39 is 10.0 Å². The van der Waals surface area contributed by atoms with Crippen molar-refractivity contribution in [1.82, 2.24) is 9.21 Å². The lowest BCUT2D eigenvalue weighted by atomic mass is 10.0. The molecular weight excluding hydrogens is 394 g/mol. The van der Waals surface area contributed by atoms with Crippen molar-refractivity contribution in [3.63, 3.8) is 0 Å². The van der Waals surface area contributed by atoms with Crippen LogP contribution in [0.4, 0.5) is 5.69 Å². The monoisotopic (exact) mass is 421 g/mol. The Kier molecular flexibility index (Phi) is 6.65. The van der Waals surface area contributed by atoms with Crippen LogP contribution in [0.5, 0.6) is 0 Å². The molecule has 1 fully saturated rings. The number of hydrogen-bond acceptors (Lipinski definition) is 4. The Balaban J connectivity index is 1.62. The first kappa shape index (κ1) is 21.1. The summed E-state index contributed by atoms with van der Waals surface area (Å²) in [5.41, 5.74) is 2.49. The summed E-state index contributed by atoms with van der Waals surface area (Å²) in [5.74, 6) is 0. The lowest BCUT2D eigenvalue weighted by molar-refractivity contribution is 0.312. The molecule has 0 atom stereocenters. The maximum Gasteiger partial charge on any atom is 0.243 e. The Labute approximate surface area is 173 Å². The summed E-state index contributed by atoms with van der Waals surface area (Å²) in [6.07, 6.45) is 1.62. The van der Waals surface area contributed by atoms with E-state index in [0.29, 0.717) is 9.92 Å². The first-order chi connectivity index (χ1) is 13.3. The molecular formula is C21H28ClN3O2S. The van der Waals surface area contributed by atoms with Gasteiger partial charge in [0, 0.05) is 43.4 Å². The van der Waals surface area contributed by atoms with E-state index in [1.807, 2.05) is 0 Å². The van der Waals surface area contributed by atoms with Crippen LogP contribution in [0.3, 0.4) is 0 Å². The number of sulfonamides is 1. The van der Waals surface area contributed by atoms with E-state index in [0.717, 1.165) is 32.5 Å². The number of halogens is 1. The lowest BCUT2D eigenvalue weighted by Gasteiger charge is -2.37. The summed E-state index contributed by atoms with van der Waals surface area (Å²) in [7, 11) is 2.30. The van der Waals surface area contributed by atoms with Crippen LogP contribution in [0.1, 0.15) is 18.4 Å². The van der Waals surface area contributed by atoms with Crippen molar-refractivity contribution in [2.45, 2.75) is 30.3 Å². The van der Waals surface area contributed by atoms with Crippen LogP contribution in [0.25, 0.3) is 0 Å². The Morgan fingerprint density at radius 3 is 2.07 bits per heavy atom. The van der Waals surface area contributed by atoms with E-state index in [-0.39, 0.29) is 6.04 Å². The predicted molar refractivity (Wildman–Crippen MR) is 115 cm³/mol. The van der Waals surface area contributed by atoms with Crippen molar-refractivity contribution >= 4 is 27.3 Å². The molecule has 0 radical (unpaired) electrons. The smallest absolute Gasteiger partial charge is 0.243 e. The number of nitrogens with zero attached hydrogens (tertiary/aromatic N) is 3. The quantitative estimate of drug-likeness (QED) is 0.713. The zero-order valence-corrected chi connectivity index (χ0v) is 18.2. The minimum atomic E-state index is -3.50. The Hall–Kier alpha value is -1.60. The van der Waals surface area contributed by atoms with E-state index in [9.17, 15) is 8.42 Å². The molecule has 2 aromatic rings. The van der Waals surface area contributed by atoms with Gasteiger partial charge in [0.2, 0.25) is 10.0 Å². The Bertz CT molecular complexity index is 875. The number of rotatable bonds is 6. The highest BCUT2D eigenvalue weighted by Gasteiger charge is 2.30. The molecule has 1 saturated heterocycles. The summed E-state index contributed by atoms with van der Waals surface area (Å²) >= 11 is 5.88. The standard InChI is InChI=1S/C21H28ClN3O2S/c1-23(2)16-17-4-8-20(9-5-17)25-14-12-19(13-15-25)24(3)28(26,27)21-10-6-18(22)7-11-21/h4-11,19H,12-16H2,1-3H3. The fraction of sp³-hybridized carbons (Fsp3) is 0.429. The lowest BCUT2D eigenvalue weighted by Crippen LogP contribution is -2.45. The molecule has 0 saturated carbocycles. The largest absolute Gasteiger partial charge is 0.371 e. The normalized spacial score (nSPS) is 16.1. The van der Waals surface area contributed by atoms with Crippen LogP contribution in [0.2, 0.25) is 5.02 Å². The Morgan fingerprint density at radius 1 is 0.964 bits per heavy atom. The third kappa shape index (κ3) is 4.87. The van der Waals surface area contributed by atoms with Crippen molar-refractivity contribution < 1.29 is 8.42 Å². The molecule has 2 aromatic carbocycles. The predicted octanol–water partition coefficient (Wildman–Crippen LogP) is 3.69. The topological polar surface area (TPSA) is 43.9 Å². The summed E-state index contributed by atoms with van der Waals surface area (Å²) in [4.78, 5) is 4.77. The average molecular weight is 422 g/mol. The molecule has 5 nitrogen and oxygen atoms in total. The van der Waals surface area contributed by atoms with Gasteiger partial charge in [0.15, 0.2) is 0 Å². The Morgan fingerprint density at radius 2 is 1.54 bits per heavy atom. The zero-order valence-electron chi connectivity index (χ0n) is 16.7. The second kappa shape index (κ2) is 8.82. The van der Waals surface area contributed by atoms with Gasteiger partial charge in [-0.2, -0.15) is 4.31 Å². The van der Waals surface area contributed by atoms with E-state index in [4.69, 9.17) is 11.6 Å². The van der Waals surface area contributed by atoms with Crippen LogP contribution >= 0.6 is 11.6 Å². The van der Waals surface area contributed by atoms with Gasteiger partial charge in [-0.05, 0) is 68.9 Å². The van der Waals surface area contributed by atoms with E-state index in [2.05, 4.69) is 48.2 Å². The molecule has 0 amide bonds. The van der Waals surface area contributed by atoms with Gasteiger partial charge < -0.3 is 9.80 Å². The number of hydrogen-bond donors (Lipinski definition) is 0. The molecule has 0 N–H and O–H groups in total.